The monoisotopic (exact) mass is 384 g/mol. The molecule has 1 saturated heterocycles. The van der Waals surface area contributed by atoms with E-state index < -0.39 is 0 Å². The van der Waals surface area contributed by atoms with E-state index in [9.17, 15) is 9.59 Å². The molecule has 1 aromatic carbocycles. The average Bonchev–Trinajstić information content (AvgIpc) is 3.05. The molecule has 0 aliphatic carbocycles. The van der Waals surface area contributed by atoms with Gasteiger partial charge in [-0.15, -0.1) is 0 Å². The van der Waals surface area contributed by atoms with E-state index in [-0.39, 0.29) is 11.8 Å². The Bertz CT molecular complexity index is 896. The summed E-state index contributed by atoms with van der Waals surface area (Å²) < 4.78 is 16.6. The Morgan fingerprint density at radius 2 is 1.61 bits per heavy atom. The second kappa shape index (κ2) is 7.58. The van der Waals surface area contributed by atoms with Gasteiger partial charge >= 0.3 is 0 Å². The molecular formula is C21H24N2O5. The Hall–Kier alpha value is -2.96. The first kappa shape index (κ1) is 18.4. The lowest BCUT2D eigenvalue weighted by atomic mass is 10.1. The van der Waals surface area contributed by atoms with Crippen LogP contribution in [0.25, 0.3) is 0 Å². The van der Waals surface area contributed by atoms with Crippen molar-refractivity contribution < 1.29 is 23.5 Å². The second-order valence-corrected chi connectivity index (χ2v) is 7.15. The third-order valence-electron chi connectivity index (χ3n) is 5.15. The van der Waals surface area contributed by atoms with Gasteiger partial charge in [0.2, 0.25) is 5.91 Å². The normalized spacial score (nSPS) is 16.2. The third-order valence-corrected chi connectivity index (χ3v) is 5.15. The predicted octanol–water partition coefficient (Wildman–Crippen LogP) is 2.19. The number of piperazine rings is 1. The first-order valence-electron chi connectivity index (χ1n) is 9.54. The molecule has 0 atom stereocenters. The van der Waals surface area contributed by atoms with Crippen LogP contribution in [0.1, 0.15) is 27.4 Å². The standard InChI is InChI=1S/C21H24N2O5/c1-14-11-17(15(2)28-14)21(25)23-7-5-22(6-8-23)20(24)13-16-3-4-18-19(12-16)27-10-9-26-18/h3-4,11-12H,5-10,13H2,1-2H3. The van der Waals surface area contributed by atoms with Crippen LogP contribution in [-0.2, 0) is 11.2 Å². The zero-order valence-corrected chi connectivity index (χ0v) is 16.2. The van der Waals surface area contributed by atoms with Gasteiger partial charge in [-0.05, 0) is 37.6 Å². The Morgan fingerprint density at radius 3 is 2.29 bits per heavy atom. The van der Waals surface area contributed by atoms with Gasteiger partial charge < -0.3 is 23.7 Å². The summed E-state index contributed by atoms with van der Waals surface area (Å²) in [5, 5.41) is 0. The number of hydrogen-bond donors (Lipinski definition) is 0. The molecule has 7 nitrogen and oxygen atoms in total. The summed E-state index contributed by atoms with van der Waals surface area (Å²) in [4.78, 5) is 28.9. The fourth-order valence-corrected chi connectivity index (χ4v) is 3.66. The highest BCUT2D eigenvalue weighted by atomic mass is 16.6. The summed E-state index contributed by atoms with van der Waals surface area (Å²) in [6.07, 6.45) is 0.310. The molecular weight excluding hydrogens is 360 g/mol. The largest absolute Gasteiger partial charge is 0.486 e. The summed E-state index contributed by atoms with van der Waals surface area (Å²) in [7, 11) is 0. The maximum absolute atomic E-state index is 12.7. The van der Waals surface area contributed by atoms with Crippen LogP contribution < -0.4 is 9.47 Å². The summed E-state index contributed by atoms with van der Waals surface area (Å²) in [6, 6.07) is 7.39. The number of benzene rings is 1. The molecule has 2 aliphatic heterocycles. The Morgan fingerprint density at radius 1 is 0.929 bits per heavy atom. The van der Waals surface area contributed by atoms with Gasteiger partial charge in [0.05, 0.1) is 12.0 Å². The minimum absolute atomic E-state index is 0.0340. The molecule has 0 N–H and O–H groups in total. The SMILES string of the molecule is Cc1cc(C(=O)N2CCN(C(=O)Cc3ccc4c(c3)OCCO4)CC2)c(C)o1. The van der Waals surface area contributed by atoms with Crippen molar-refractivity contribution in [2.75, 3.05) is 39.4 Å². The number of fused-ring (bicyclic) bond motifs is 1. The number of nitrogens with zero attached hydrogens (tertiary/aromatic N) is 2. The van der Waals surface area contributed by atoms with Crippen molar-refractivity contribution >= 4 is 11.8 Å². The quantitative estimate of drug-likeness (QED) is 0.811. The number of aryl methyl sites for hydroxylation is 2. The molecule has 1 fully saturated rings. The molecule has 2 aromatic rings. The van der Waals surface area contributed by atoms with Gasteiger partial charge in [0, 0.05) is 26.2 Å². The Labute approximate surface area is 163 Å². The fourth-order valence-electron chi connectivity index (χ4n) is 3.66. The van der Waals surface area contributed by atoms with E-state index in [1.807, 2.05) is 30.0 Å². The molecule has 2 amide bonds. The highest BCUT2D eigenvalue weighted by Gasteiger charge is 2.27. The smallest absolute Gasteiger partial charge is 0.257 e. The molecule has 0 spiro atoms. The van der Waals surface area contributed by atoms with E-state index in [4.69, 9.17) is 13.9 Å². The molecule has 0 radical (unpaired) electrons. The summed E-state index contributed by atoms with van der Waals surface area (Å²) in [6.45, 7) is 6.81. The fraction of sp³-hybridized carbons (Fsp3) is 0.429. The van der Waals surface area contributed by atoms with Gasteiger partial charge in [0.15, 0.2) is 11.5 Å². The van der Waals surface area contributed by atoms with Crippen LogP contribution in [0, 0.1) is 13.8 Å². The summed E-state index contributed by atoms with van der Waals surface area (Å²) >= 11 is 0. The van der Waals surface area contributed by atoms with Gasteiger partial charge in [-0.1, -0.05) is 6.07 Å². The van der Waals surface area contributed by atoms with Gasteiger partial charge in [-0.3, -0.25) is 9.59 Å². The van der Waals surface area contributed by atoms with Crippen LogP contribution in [-0.4, -0.2) is 61.0 Å². The van der Waals surface area contributed by atoms with Crippen LogP contribution in [0.15, 0.2) is 28.7 Å². The minimum atomic E-state index is -0.0340. The van der Waals surface area contributed by atoms with E-state index in [1.54, 1.807) is 17.9 Å². The summed E-state index contributed by atoms with van der Waals surface area (Å²) in [5.41, 5.74) is 1.51. The number of furan rings is 1. The summed E-state index contributed by atoms with van der Waals surface area (Å²) in [5.74, 6) is 2.80. The van der Waals surface area contributed by atoms with E-state index in [2.05, 4.69) is 0 Å². The molecule has 0 unspecified atom stereocenters. The molecule has 148 valence electrons. The molecule has 3 heterocycles. The lowest BCUT2D eigenvalue weighted by molar-refractivity contribution is -0.131. The highest BCUT2D eigenvalue weighted by Crippen LogP contribution is 2.31. The highest BCUT2D eigenvalue weighted by molar-refractivity contribution is 5.95. The van der Waals surface area contributed by atoms with E-state index in [0.29, 0.717) is 62.9 Å². The lowest BCUT2D eigenvalue weighted by Gasteiger charge is -2.34. The van der Waals surface area contributed by atoms with Crippen molar-refractivity contribution in [2.24, 2.45) is 0 Å². The first-order valence-corrected chi connectivity index (χ1v) is 9.54. The molecule has 0 bridgehead atoms. The van der Waals surface area contributed by atoms with Crippen molar-refractivity contribution in [1.29, 1.82) is 0 Å². The Kier molecular flexibility index (Phi) is 4.98. The number of amides is 2. The maximum atomic E-state index is 12.7. The molecule has 0 saturated carbocycles. The van der Waals surface area contributed by atoms with Crippen LogP contribution in [0.5, 0.6) is 11.5 Å². The lowest BCUT2D eigenvalue weighted by Crippen LogP contribution is -2.51. The zero-order chi connectivity index (χ0) is 19.7. The first-order chi connectivity index (χ1) is 13.5. The van der Waals surface area contributed by atoms with Crippen molar-refractivity contribution in [1.82, 2.24) is 9.80 Å². The van der Waals surface area contributed by atoms with Crippen LogP contribution in [0.2, 0.25) is 0 Å². The second-order valence-electron chi connectivity index (χ2n) is 7.15. The molecule has 1 aromatic heterocycles. The van der Waals surface area contributed by atoms with Crippen LogP contribution in [0.4, 0.5) is 0 Å². The van der Waals surface area contributed by atoms with E-state index >= 15 is 0 Å². The number of ether oxygens (including phenoxy) is 2. The number of carbonyl (C=O) groups is 2. The van der Waals surface area contributed by atoms with Gasteiger partial charge in [-0.2, -0.15) is 0 Å². The molecule has 2 aliphatic rings. The minimum Gasteiger partial charge on any atom is -0.486 e. The molecule has 7 heteroatoms. The van der Waals surface area contributed by atoms with Gasteiger partial charge in [0.25, 0.3) is 5.91 Å². The van der Waals surface area contributed by atoms with Gasteiger partial charge in [0.1, 0.15) is 24.7 Å². The third kappa shape index (κ3) is 3.69. The molecule has 28 heavy (non-hydrogen) atoms. The average molecular weight is 384 g/mol. The zero-order valence-electron chi connectivity index (χ0n) is 16.2. The Balaban J connectivity index is 1.34. The topological polar surface area (TPSA) is 72.2 Å². The maximum Gasteiger partial charge on any atom is 0.257 e. The number of hydrogen-bond acceptors (Lipinski definition) is 5. The van der Waals surface area contributed by atoms with Crippen LogP contribution >= 0.6 is 0 Å². The molecule has 4 rings (SSSR count). The number of rotatable bonds is 3. The van der Waals surface area contributed by atoms with E-state index in [1.165, 1.54) is 0 Å². The number of carbonyl (C=O) groups excluding carboxylic acids is 2. The predicted molar refractivity (Wildman–Crippen MR) is 102 cm³/mol. The van der Waals surface area contributed by atoms with Crippen LogP contribution in [0.3, 0.4) is 0 Å². The van der Waals surface area contributed by atoms with Crippen molar-refractivity contribution in [3.8, 4) is 11.5 Å². The van der Waals surface area contributed by atoms with Gasteiger partial charge in [-0.25, -0.2) is 0 Å². The van der Waals surface area contributed by atoms with Crippen molar-refractivity contribution in [3.05, 3.63) is 46.9 Å². The van der Waals surface area contributed by atoms with E-state index in [0.717, 1.165) is 17.1 Å². The van der Waals surface area contributed by atoms with Crippen molar-refractivity contribution in [3.63, 3.8) is 0 Å². The van der Waals surface area contributed by atoms with Crippen molar-refractivity contribution in [2.45, 2.75) is 20.3 Å².